The Morgan fingerprint density at radius 2 is 2.21 bits per heavy atom. The van der Waals surface area contributed by atoms with Gasteiger partial charge >= 0.3 is 0 Å². The third-order valence-electron chi connectivity index (χ3n) is 2.61. The Hall–Kier alpha value is -0.870. The third kappa shape index (κ3) is 1.81. The van der Waals surface area contributed by atoms with Crippen molar-refractivity contribution in [3.05, 3.63) is 17.3 Å². The van der Waals surface area contributed by atoms with Crippen LogP contribution in [-0.4, -0.2) is 23.7 Å². The van der Waals surface area contributed by atoms with Crippen molar-refractivity contribution in [3.63, 3.8) is 0 Å². The van der Waals surface area contributed by atoms with E-state index in [1.165, 1.54) is 0 Å². The minimum atomic E-state index is -0.0315. The predicted octanol–water partition coefficient (Wildman–Crippen LogP) is 1.17. The smallest absolute Gasteiger partial charge is 0.220 e. The number of rotatable bonds is 3. The number of aromatic nitrogens is 1. The first-order valence-electron chi connectivity index (χ1n) is 4.87. The highest BCUT2D eigenvalue weighted by Gasteiger charge is 2.32. The molecule has 0 bridgehead atoms. The molecule has 2 rings (SSSR count). The van der Waals surface area contributed by atoms with E-state index >= 15 is 0 Å². The molecule has 4 nitrogen and oxygen atoms in total. The lowest BCUT2D eigenvalue weighted by Gasteiger charge is -2.38. The number of ether oxygens (including phenoxy) is 1. The lowest BCUT2D eigenvalue weighted by Crippen LogP contribution is -2.58. The molecule has 0 spiro atoms. The first kappa shape index (κ1) is 9.68. The van der Waals surface area contributed by atoms with E-state index in [9.17, 15) is 0 Å². The molecule has 1 fully saturated rings. The molecule has 0 amide bonds. The summed E-state index contributed by atoms with van der Waals surface area (Å²) in [4.78, 5) is 4.26. The second kappa shape index (κ2) is 3.37. The number of nitrogens with zero attached hydrogens (tertiary/aromatic N) is 1. The molecule has 1 aromatic heterocycles. The van der Waals surface area contributed by atoms with Crippen molar-refractivity contribution in [2.45, 2.75) is 33.0 Å². The molecule has 1 N–H and O–H groups in total. The molecule has 0 saturated carbocycles. The lowest BCUT2D eigenvalue weighted by molar-refractivity contribution is -0.0832. The molecule has 2 heterocycles. The fourth-order valence-electron chi connectivity index (χ4n) is 1.42. The first-order valence-corrected chi connectivity index (χ1v) is 4.87. The van der Waals surface area contributed by atoms with Crippen LogP contribution in [0.3, 0.4) is 0 Å². The Morgan fingerprint density at radius 3 is 2.64 bits per heavy atom. The van der Waals surface area contributed by atoms with E-state index in [0.717, 1.165) is 24.5 Å². The van der Waals surface area contributed by atoms with E-state index < -0.39 is 0 Å². The lowest BCUT2D eigenvalue weighted by atomic mass is 10.0. The highest BCUT2D eigenvalue weighted by atomic mass is 16.5. The van der Waals surface area contributed by atoms with Gasteiger partial charge in [-0.15, -0.1) is 0 Å². The van der Waals surface area contributed by atoms with Crippen LogP contribution in [0.5, 0.6) is 0 Å². The van der Waals surface area contributed by atoms with Gasteiger partial charge in [0.1, 0.15) is 12.4 Å². The number of hydrogen-bond donors (Lipinski definition) is 1. The maximum absolute atomic E-state index is 5.70. The Balaban J connectivity index is 1.91. The third-order valence-corrected chi connectivity index (χ3v) is 2.61. The van der Waals surface area contributed by atoms with Crippen LogP contribution in [0.15, 0.2) is 4.42 Å². The van der Waals surface area contributed by atoms with Crippen molar-refractivity contribution >= 4 is 0 Å². The van der Waals surface area contributed by atoms with Gasteiger partial charge in [-0.2, -0.15) is 0 Å². The second-order valence-corrected chi connectivity index (χ2v) is 4.09. The van der Waals surface area contributed by atoms with Crippen molar-refractivity contribution in [2.24, 2.45) is 0 Å². The molecule has 0 unspecified atom stereocenters. The van der Waals surface area contributed by atoms with Crippen molar-refractivity contribution in [1.29, 1.82) is 0 Å². The van der Waals surface area contributed by atoms with Crippen LogP contribution >= 0.6 is 0 Å². The number of aryl methyl sites for hydroxylation is 2. The van der Waals surface area contributed by atoms with E-state index in [2.05, 4.69) is 17.2 Å². The van der Waals surface area contributed by atoms with Gasteiger partial charge in [-0.05, 0) is 20.8 Å². The van der Waals surface area contributed by atoms with Crippen LogP contribution in [0.1, 0.15) is 24.3 Å². The molecular formula is C10H16N2O2. The highest BCUT2D eigenvalue weighted by molar-refractivity contribution is 5.05. The monoisotopic (exact) mass is 196 g/mol. The van der Waals surface area contributed by atoms with Crippen LogP contribution in [0.25, 0.3) is 0 Å². The average Bonchev–Trinajstić information content (AvgIpc) is 2.40. The number of nitrogens with one attached hydrogen (secondary N) is 1. The summed E-state index contributed by atoms with van der Waals surface area (Å²) in [6.07, 6.45) is 0. The average molecular weight is 196 g/mol. The molecular weight excluding hydrogens is 180 g/mol. The summed E-state index contributed by atoms with van der Waals surface area (Å²) in [7, 11) is 0. The molecule has 0 atom stereocenters. The van der Waals surface area contributed by atoms with Gasteiger partial charge in [-0.25, -0.2) is 4.98 Å². The fraction of sp³-hybridized carbons (Fsp3) is 0.700. The van der Waals surface area contributed by atoms with Gasteiger partial charge in [0.15, 0.2) is 0 Å². The molecule has 14 heavy (non-hydrogen) atoms. The summed E-state index contributed by atoms with van der Waals surface area (Å²) >= 11 is 0. The standard InChI is InChI=1S/C10H16N2O2/c1-7-8(2)14-9(12-7)4-13-10(3)5-11-6-10/h11H,4-6H2,1-3H3. The molecule has 0 aliphatic carbocycles. The van der Waals surface area contributed by atoms with Gasteiger partial charge in [-0.1, -0.05) is 0 Å². The van der Waals surface area contributed by atoms with E-state index in [1.54, 1.807) is 0 Å². The van der Waals surface area contributed by atoms with Crippen molar-refractivity contribution in [3.8, 4) is 0 Å². The van der Waals surface area contributed by atoms with Gasteiger partial charge in [0.2, 0.25) is 5.89 Å². The number of hydrogen-bond acceptors (Lipinski definition) is 4. The second-order valence-electron chi connectivity index (χ2n) is 4.09. The molecule has 0 aromatic carbocycles. The van der Waals surface area contributed by atoms with Crippen LogP contribution in [0.2, 0.25) is 0 Å². The highest BCUT2D eigenvalue weighted by Crippen LogP contribution is 2.18. The summed E-state index contributed by atoms with van der Waals surface area (Å²) in [6, 6.07) is 0. The molecule has 4 heteroatoms. The normalized spacial score (nSPS) is 19.4. The van der Waals surface area contributed by atoms with Crippen molar-refractivity contribution < 1.29 is 9.15 Å². The Labute approximate surface area is 83.7 Å². The summed E-state index contributed by atoms with van der Waals surface area (Å²) < 4.78 is 11.1. The first-order chi connectivity index (χ1) is 6.59. The van der Waals surface area contributed by atoms with E-state index in [1.807, 2.05) is 13.8 Å². The van der Waals surface area contributed by atoms with E-state index in [4.69, 9.17) is 9.15 Å². The SMILES string of the molecule is Cc1nc(COC2(C)CNC2)oc1C. The van der Waals surface area contributed by atoms with Crippen LogP contribution in [0.4, 0.5) is 0 Å². The van der Waals surface area contributed by atoms with Gasteiger partial charge < -0.3 is 14.5 Å². The maximum Gasteiger partial charge on any atom is 0.220 e. The summed E-state index contributed by atoms with van der Waals surface area (Å²) in [6.45, 7) is 8.23. The summed E-state index contributed by atoms with van der Waals surface area (Å²) in [5.74, 6) is 1.55. The van der Waals surface area contributed by atoms with Gasteiger partial charge in [0.05, 0.1) is 11.3 Å². The van der Waals surface area contributed by atoms with Gasteiger partial charge in [-0.3, -0.25) is 0 Å². The minimum Gasteiger partial charge on any atom is -0.443 e. The van der Waals surface area contributed by atoms with Gasteiger partial charge in [0.25, 0.3) is 0 Å². The fourth-order valence-corrected chi connectivity index (χ4v) is 1.42. The molecule has 1 aliphatic heterocycles. The summed E-state index contributed by atoms with van der Waals surface area (Å²) in [5.41, 5.74) is 0.913. The Kier molecular flexibility index (Phi) is 2.33. The maximum atomic E-state index is 5.70. The number of oxazole rings is 1. The zero-order chi connectivity index (χ0) is 10.2. The van der Waals surface area contributed by atoms with Crippen LogP contribution < -0.4 is 5.32 Å². The Morgan fingerprint density at radius 1 is 1.50 bits per heavy atom. The molecule has 0 radical (unpaired) electrons. The van der Waals surface area contributed by atoms with Crippen molar-refractivity contribution in [1.82, 2.24) is 10.3 Å². The largest absolute Gasteiger partial charge is 0.443 e. The zero-order valence-electron chi connectivity index (χ0n) is 8.89. The van der Waals surface area contributed by atoms with Crippen molar-refractivity contribution in [2.75, 3.05) is 13.1 Å². The molecule has 78 valence electrons. The predicted molar refractivity (Wildman–Crippen MR) is 52.0 cm³/mol. The van der Waals surface area contributed by atoms with Gasteiger partial charge in [0, 0.05) is 13.1 Å². The molecule has 1 aliphatic rings. The summed E-state index contributed by atoms with van der Waals surface area (Å²) in [5, 5.41) is 3.18. The van der Waals surface area contributed by atoms with Crippen LogP contribution in [0, 0.1) is 13.8 Å². The molecule has 1 saturated heterocycles. The Bertz CT molecular complexity index is 309. The van der Waals surface area contributed by atoms with Crippen LogP contribution in [-0.2, 0) is 11.3 Å². The minimum absolute atomic E-state index is 0.0315. The van der Waals surface area contributed by atoms with E-state index in [0.29, 0.717) is 12.5 Å². The van der Waals surface area contributed by atoms with E-state index in [-0.39, 0.29) is 5.60 Å². The zero-order valence-corrected chi connectivity index (χ0v) is 8.89. The molecule has 1 aromatic rings. The topological polar surface area (TPSA) is 47.3 Å². The quantitative estimate of drug-likeness (QED) is 0.788.